The molecule has 1 aromatic heterocycles. The van der Waals surface area contributed by atoms with E-state index in [1.807, 2.05) is 36.4 Å². The van der Waals surface area contributed by atoms with Crippen molar-refractivity contribution in [1.29, 1.82) is 0 Å². The summed E-state index contributed by atoms with van der Waals surface area (Å²) < 4.78 is 13.6. The van der Waals surface area contributed by atoms with Gasteiger partial charge in [0.05, 0.1) is 5.52 Å². The number of fused-ring (bicyclic) bond motifs is 1. The first-order chi connectivity index (χ1) is 10.2. The molecule has 2 aromatic carbocycles. The molecular weight excluding hydrogens is 283 g/mol. The van der Waals surface area contributed by atoms with Crippen molar-refractivity contribution in [1.82, 2.24) is 4.98 Å². The summed E-state index contributed by atoms with van der Waals surface area (Å²) in [5, 5.41) is 1.09. The Morgan fingerprint density at radius 3 is 2.81 bits per heavy atom. The quantitative estimate of drug-likeness (QED) is 0.735. The number of thioether (sulfide) groups is 1. The van der Waals surface area contributed by atoms with Crippen LogP contribution in [0, 0.1) is 5.82 Å². The highest BCUT2D eigenvalue weighted by atomic mass is 32.2. The number of aromatic nitrogens is 1. The van der Waals surface area contributed by atoms with Gasteiger partial charge >= 0.3 is 0 Å². The van der Waals surface area contributed by atoms with Gasteiger partial charge in [-0.15, -0.1) is 11.8 Å². The monoisotopic (exact) mass is 298 g/mol. The molecule has 0 amide bonds. The Balaban J connectivity index is 1.75. The van der Waals surface area contributed by atoms with E-state index in [-0.39, 0.29) is 11.9 Å². The van der Waals surface area contributed by atoms with Gasteiger partial charge in [0, 0.05) is 28.3 Å². The van der Waals surface area contributed by atoms with Crippen LogP contribution in [0.4, 0.5) is 4.39 Å². The number of halogens is 1. The standard InChI is InChI=1S/C17H15FN2S/c18-14-5-1-2-6-17(14)21-11-15(19)13-8-7-12-4-3-9-20-16(12)10-13/h1-10,15H,11,19H2. The van der Waals surface area contributed by atoms with Gasteiger partial charge in [0.25, 0.3) is 0 Å². The van der Waals surface area contributed by atoms with Gasteiger partial charge in [-0.05, 0) is 29.8 Å². The maximum absolute atomic E-state index is 13.6. The first-order valence-electron chi connectivity index (χ1n) is 6.71. The largest absolute Gasteiger partial charge is 0.323 e. The zero-order valence-corrected chi connectivity index (χ0v) is 12.2. The fourth-order valence-corrected chi connectivity index (χ4v) is 3.08. The van der Waals surface area contributed by atoms with E-state index in [0.717, 1.165) is 16.5 Å². The Kier molecular flexibility index (Phi) is 4.18. The molecule has 4 heteroatoms. The first kappa shape index (κ1) is 14.0. The Bertz CT molecular complexity index is 760. The summed E-state index contributed by atoms with van der Waals surface area (Å²) in [6.45, 7) is 0. The highest BCUT2D eigenvalue weighted by Gasteiger charge is 2.09. The van der Waals surface area contributed by atoms with E-state index in [0.29, 0.717) is 10.6 Å². The maximum Gasteiger partial charge on any atom is 0.136 e. The maximum atomic E-state index is 13.6. The zero-order valence-electron chi connectivity index (χ0n) is 11.4. The van der Waals surface area contributed by atoms with Gasteiger partial charge in [-0.3, -0.25) is 4.98 Å². The molecule has 3 aromatic rings. The second-order valence-electron chi connectivity index (χ2n) is 4.80. The summed E-state index contributed by atoms with van der Waals surface area (Å²) in [4.78, 5) is 4.97. The first-order valence-corrected chi connectivity index (χ1v) is 7.70. The lowest BCUT2D eigenvalue weighted by Gasteiger charge is -2.12. The third-order valence-corrected chi connectivity index (χ3v) is 4.48. The summed E-state index contributed by atoms with van der Waals surface area (Å²) in [7, 11) is 0. The Labute approximate surface area is 127 Å². The molecule has 21 heavy (non-hydrogen) atoms. The molecule has 106 valence electrons. The lowest BCUT2D eigenvalue weighted by molar-refractivity contribution is 0.602. The topological polar surface area (TPSA) is 38.9 Å². The fourth-order valence-electron chi connectivity index (χ4n) is 2.15. The average molecular weight is 298 g/mol. The molecule has 0 saturated heterocycles. The minimum Gasteiger partial charge on any atom is -0.323 e. The molecule has 0 spiro atoms. The van der Waals surface area contributed by atoms with E-state index < -0.39 is 0 Å². The lowest BCUT2D eigenvalue weighted by Crippen LogP contribution is -2.13. The molecule has 0 fully saturated rings. The van der Waals surface area contributed by atoms with Crippen LogP contribution in [-0.2, 0) is 0 Å². The van der Waals surface area contributed by atoms with Crippen LogP contribution < -0.4 is 5.73 Å². The van der Waals surface area contributed by atoms with Crippen LogP contribution in [0.25, 0.3) is 10.9 Å². The van der Waals surface area contributed by atoms with Crippen molar-refractivity contribution in [3.63, 3.8) is 0 Å². The minimum absolute atomic E-state index is 0.152. The molecule has 1 heterocycles. The van der Waals surface area contributed by atoms with Gasteiger partial charge in [-0.25, -0.2) is 4.39 Å². The minimum atomic E-state index is -0.199. The van der Waals surface area contributed by atoms with E-state index in [2.05, 4.69) is 4.98 Å². The Morgan fingerprint density at radius 1 is 1.10 bits per heavy atom. The Hall–Kier alpha value is -1.91. The van der Waals surface area contributed by atoms with Gasteiger partial charge < -0.3 is 5.73 Å². The summed E-state index contributed by atoms with van der Waals surface area (Å²) >= 11 is 1.43. The predicted octanol–water partition coefficient (Wildman–Crippen LogP) is 4.17. The highest BCUT2D eigenvalue weighted by Crippen LogP contribution is 2.26. The van der Waals surface area contributed by atoms with E-state index in [1.54, 1.807) is 18.3 Å². The molecule has 1 unspecified atom stereocenters. The number of nitrogens with two attached hydrogens (primary N) is 1. The van der Waals surface area contributed by atoms with Crippen molar-refractivity contribution >= 4 is 22.7 Å². The molecule has 0 aliphatic rings. The Morgan fingerprint density at radius 2 is 1.95 bits per heavy atom. The molecular formula is C17H15FN2S. The van der Waals surface area contributed by atoms with Gasteiger partial charge in [0.15, 0.2) is 0 Å². The molecule has 0 aliphatic carbocycles. The fraction of sp³-hybridized carbons (Fsp3) is 0.118. The second-order valence-corrected chi connectivity index (χ2v) is 5.87. The predicted molar refractivity (Wildman–Crippen MR) is 85.8 cm³/mol. The molecule has 3 rings (SSSR count). The van der Waals surface area contributed by atoms with Crippen molar-refractivity contribution in [2.75, 3.05) is 5.75 Å². The lowest BCUT2D eigenvalue weighted by atomic mass is 10.1. The molecule has 0 aliphatic heterocycles. The van der Waals surface area contributed by atoms with E-state index in [1.165, 1.54) is 17.8 Å². The SMILES string of the molecule is NC(CSc1ccccc1F)c1ccc2cccnc2c1. The molecule has 2 N–H and O–H groups in total. The summed E-state index contributed by atoms with van der Waals surface area (Å²) in [6, 6.07) is 16.6. The number of hydrogen-bond donors (Lipinski definition) is 1. The van der Waals surface area contributed by atoms with Gasteiger partial charge in [-0.2, -0.15) is 0 Å². The molecule has 0 saturated carbocycles. The van der Waals surface area contributed by atoms with Crippen molar-refractivity contribution in [3.05, 3.63) is 72.2 Å². The zero-order chi connectivity index (χ0) is 14.7. The average Bonchev–Trinajstić information content (AvgIpc) is 2.53. The van der Waals surface area contributed by atoms with E-state index in [4.69, 9.17) is 5.73 Å². The van der Waals surface area contributed by atoms with Crippen molar-refractivity contribution < 1.29 is 4.39 Å². The highest BCUT2D eigenvalue weighted by molar-refractivity contribution is 7.99. The third-order valence-electron chi connectivity index (χ3n) is 3.31. The summed E-state index contributed by atoms with van der Waals surface area (Å²) in [5.74, 6) is 0.425. The third kappa shape index (κ3) is 3.23. The number of benzene rings is 2. The van der Waals surface area contributed by atoms with Crippen LogP contribution in [-0.4, -0.2) is 10.7 Å². The molecule has 0 bridgehead atoms. The number of nitrogens with zero attached hydrogens (tertiary/aromatic N) is 1. The normalized spacial score (nSPS) is 12.5. The van der Waals surface area contributed by atoms with Crippen molar-refractivity contribution in [3.8, 4) is 0 Å². The summed E-state index contributed by atoms with van der Waals surface area (Å²) in [5.41, 5.74) is 8.16. The van der Waals surface area contributed by atoms with Crippen LogP contribution >= 0.6 is 11.8 Å². The molecule has 0 radical (unpaired) electrons. The second kappa shape index (κ2) is 6.24. The van der Waals surface area contributed by atoms with Crippen molar-refractivity contribution in [2.24, 2.45) is 5.73 Å². The van der Waals surface area contributed by atoms with Gasteiger partial charge in [0.1, 0.15) is 5.82 Å². The smallest absolute Gasteiger partial charge is 0.136 e. The van der Waals surface area contributed by atoms with Gasteiger partial charge in [0.2, 0.25) is 0 Å². The number of pyridine rings is 1. The van der Waals surface area contributed by atoms with Crippen LogP contribution in [0.1, 0.15) is 11.6 Å². The van der Waals surface area contributed by atoms with Gasteiger partial charge in [-0.1, -0.05) is 30.3 Å². The van der Waals surface area contributed by atoms with E-state index >= 15 is 0 Å². The van der Waals surface area contributed by atoms with Crippen LogP contribution in [0.2, 0.25) is 0 Å². The summed E-state index contributed by atoms with van der Waals surface area (Å²) in [6.07, 6.45) is 1.77. The molecule has 2 nitrogen and oxygen atoms in total. The van der Waals surface area contributed by atoms with Crippen LogP contribution in [0.3, 0.4) is 0 Å². The van der Waals surface area contributed by atoms with Crippen LogP contribution in [0.5, 0.6) is 0 Å². The molecule has 1 atom stereocenters. The van der Waals surface area contributed by atoms with Crippen molar-refractivity contribution in [2.45, 2.75) is 10.9 Å². The number of hydrogen-bond acceptors (Lipinski definition) is 3. The number of rotatable bonds is 4. The van der Waals surface area contributed by atoms with E-state index in [9.17, 15) is 4.39 Å². The van der Waals surface area contributed by atoms with Crippen LogP contribution in [0.15, 0.2) is 65.7 Å².